The first kappa shape index (κ1) is 13.0. The highest BCUT2D eigenvalue weighted by atomic mass is 19.1. The van der Waals surface area contributed by atoms with Gasteiger partial charge in [-0.15, -0.1) is 0 Å². The Hall–Kier alpha value is -0.0851. The Bertz CT molecular complexity index is 189. The van der Waals surface area contributed by atoms with E-state index in [-0.39, 0.29) is 0 Å². The summed E-state index contributed by atoms with van der Waals surface area (Å²) >= 11 is 0. The average molecular weight is 216 g/mol. The summed E-state index contributed by atoms with van der Waals surface area (Å²) in [6, 6.07) is 0. The second-order valence-corrected chi connectivity index (χ2v) is 4.87. The van der Waals surface area contributed by atoms with Crippen molar-refractivity contribution < 1.29 is 14.4 Å². The third-order valence-corrected chi connectivity index (χ3v) is 3.52. The minimum Gasteiger partial charge on any atom is -0.425 e. The molecular weight excluding hydrogens is 194 g/mol. The largest absolute Gasteiger partial charge is 0.491 e. The topological polar surface area (TPSA) is 40.5 Å². The van der Waals surface area contributed by atoms with E-state index in [1.54, 1.807) is 0 Å². The van der Waals surface area contributed by atoms with Crippen molar-refractivity contribution in [2.75, 3.05) is 0 Å². The third-order valence-electron chi connectivity index (χ3n) is 3.52. The molecule has 0 saturated heterocycles. The zero-order valence-corrected chi connectivity index (χ0v) is 9.58. The summed E-state index contributed by atoms with van der Waals surface area (Å²) in [5, 5.41) is 17.8. The zero-order chi connectivity index (χ0) is 11.3. The molecule has 2 nitrogen and oxygen atoms in total. The molecule has 1 fully saturated rings. The second kappa shape index (κ2) is 5.85. The molecule has 1 rings (SSSR count). The van der Waals surface area contributed by atoms with Crippen molar-refractivity contribution in [3.63, 3.8) is 0 Å². The fourth-order valence-corrected chi connectivity index (χ4v) is 2.47. The van der Waals surface area contributed by atoms with Gasteiger partial charge in [-0.1, -0.05) is 39.0 Å². The van der Waals surface area contributed by atoms with E-state index < -0.39 is 12.7 Å². The Kier molecular flexibility index (Phi) is 5.06. The normalized spacial score (nSPS) is 30.8. The van der Waals surface area contributed by atoms with E-state index in [2.05, 4.69) is 6.92 Å². The van der Waals surface area contributed by atoms with Crippen LogP contribution in [0.2, 0.25) is 0 Å². The van der Waals surface area contributed by atoms with Crippen LogP contribution in [0.5, 0.6) is 0 Å². The fraction of sp³-hybridized carbons (Fsp3) is 1.00. The molecule has 2 unspecified atom stereocenters. The number of hydrogen-bond acceptors (Lipinski definition) is 2. The molecule has 0 aromatic rings. The maximum absolute atomic E-state index is 13.8. The molecule has 0 aromatic carbocycles. The molecule has 4 heteroatoms. The van der Waals surface area contributed by atoms with E-state index in [0.717, 1.165) is 19.3 Å². The quantitative estimate of drug-likeness (QED) is 0.528. The van der Waals surface area contributed by atoms with Crippen LogP contribution in [0.3, 0.4) is 0 Å². The Morgan fingerprint density at radius 1 is 1.33 bits per heavy atom. The summed E-state index contributed by atoms with van der Waals surface area (Å²) in [6.07, 6.45) is 7.31. The standard InChI is InChI=1S/C11H22BFO2/c1-2-3-4-5-6-10-7-8-11(13,9-10)12(14)15/h10,14-15H,2-9H2,1H3. The van der Waals surface area contributed by atoms with E-state index in [1.807, 2.05) is 0 Å². The molecular formula is C11H22BFO2. The van der Waals surface area contributed by atoms with Crippen LogP contribution in [0, 0.1) is 5.92 Å². The molecule has 0 amide bonds. The van der Waals surface area contributed by atoms with Crippen molar-refractivity contribution in [1.82, 2.24) is 0 Å². The molecule has 2 atom stereocenters. The Morgan fingerprint density at radius 2 is 2.07 bits per heavy atom. The van der Waals surface area contributed by atoms with Gasteiger partial charge in [0, 0.05) is 0 Å². The minimum absolute atomic E-state index is 0.309. The molecule has 1 aliphatic carbocycles. The molecule has 0 heterocycles. The van der Waals surface area contributed by atoms with Crippen LogP contribution in [0.4, 0.5) is 4.39 Å². The first-order chi connectivity index (χ1) is 7.08. The van der Waals surface area contributed by atoms with Crippen LogP contribution in [0.15, 0.2) is 0 Å². The van der Waals surface area contributed by atoms with Gasteiger partial charge in [0.15, 0.2) is 0 Å². The molecule has 0 aromatic heterocycles. The van der Waals surface area contributed by atoms with Crippen LogP contribution in [0.25, 0.3) is 0 Å². The van der Waals surface area contributed by atoms with Crippen LogP contribution < -0.4 is 0 Å². The Morgan fingerprint density at radius 3 is 2.60 bits per heavy atom. The molecule has 88 valence electrons. The van der Waals surface area contributed by atoms with Crippen LogP contribution >= 0.6 is 0 Å². The predicted octanol–water partition coefficient (Wildman–Crippen LogP) is 2.48. The van der Waals surface area contributed by atoms with E-state index in [4.69, 9.17) is 10.0 Å². The molecule has 0 radical (unpaired) electrons. The summed E-state index contributed by atoms with van der Waals surface area (Å²) in [5.41, 5.74) is -1.73. The van der Waals surface area contributed by atoms with Gasteiger partial charge in [0.25, 0.3) is 0 Å². The summed E-state index contributed by atoms with van der Waals surface area (Å²) in [4.78, 5) is 0. The zero-order valence-electron chi connectivity index (χ0n) is 9.58. The summed E-state index contributed by atoms with van der Waals surface area (Å²) in [7, 11) is -1.79. The Balaban J connectivity index is 2.19. The number of halogens is 1. The highest BCUT2D eigenvalue weighted by Crippen LogP contribution is 2.40. The van der Waals surface area contributed by atoms with Gasteiger partial charge in [0.05, 0.1) is 0 Å². The van der Waals surface area contributed by atoms with E-state index in [9.17, 15) is 4.39 Å². The summed E-state index contributed by atoms with van der Waals surface area (Å²) < 4.78 is 13.8. The van der Waals surface area contributed by atoms with Gasteiger partial charge in [-0.05, 0) is 25.2 Å². The lowest BCUT2D eigenvalue weighted by molar-refractivity contribution is 0.194. The fourth-order valence-electron chi connectivity index (χ4n) is 2.47. The maximum atomic E-state index is 13.8. The predicted molar refractivity (Wildman–Crippen MR) is 60.1 cm³/mol. The lowest BCUT2D eigenvalue weighted by Gasteiger charge is -2.17. The number of alkyl halides is 1. The van der Waals surface area contributed by atoms with Crippen molar-refractivity contribution in [2.45, 2.75) is 63.9 Å². The lowest BCUT2D eigenvalue weighted by atomic mass is 9.68. The minimum atomic E-state index is -1.79. The van der Waals surface area contributed by atoms with Gasteiger partial charge in [-0.3, -0.25) is 0 Å². The summed E-state index contributed by atoms with van der Waals surface area (Å²) in [6.45, 7) is 2.17. The van der Waals surface area contributed by atoms with Crippen molar-refractivity contribution >= 4 is 7.12 Å². The second-order valence-electron chi connectivity index (χ2n) is 4.87. The first-order valence-electron chi connectivity index (χ1n) is 6.13. The van der Waals surface area contributed by atoms with E-state index >= 15 is 0 Å². The highest BCUT2D eigenvalue weighted by molar-refractivity contribution is 6.45. The van der Waals surface area contributed by atoms with E-state index in [1.165, 1.54) is 19.3 Å². The maximum Gasteiger partial charge on any atom is 0.491 e. The Labute approximate surface area is 92.0 Å². The smallest absolute Gasteiger partial charge is 0.425 e. The molecule has 0 aliphatic heterocycles. The third kappa shape index (κ3) is 3.76. The molecule has 15 heavy (non-hydrogen) atoms. The van der Waals surface area contributed by atoms with E-state index in [0.29, 0.717) is 18.8 Å². The number of unbranched alkanes of at least 4 members (excludes halogenated alkanes) is 3. The first-order valence-corrected chi connectivity index (χ1v) is 6.13. The summed E-state index contributed by atoms with van der Waals surface area (Å²) in [5.74, 6) is 0.355. The van der Waals surface area contributed by atoms with Gasteiger partial charge in [0.1, 0.15) is 5.57 Å². The molecule has 0 bridgehead atoms. The van der Waals surface area contributed by atoms with Crippen molar-refractivity contribution in [3.8, 4) is 0 Å². The number of hydrogen-bond donors (Lipinski definition) is 2. The van der Waals surface area contributed by atoms with Crippen molar-refractivity contribution in [2.24, 2.45) is 5.92 Å². The SMILES string of the molecule is CCCCCCC1CCC(F)(B(O)O)C1. The van der Waals surface area contributed by atoms with Gasteiger partial charge in [-0.2, -0.15) is 0 Å². The molecule has 0 spiro atoms. The molecule has 1 aliphatic rings. The van der Waals surface area contributed by atoms with Crippen LogP contribution in [-0.4, -0.2) is 22.7 Å². The van der Waals surface area contributed by atoms with Crippen molar-refractivity contribution in [3.05, 3.63) is 0 Å². The van der Waals surface area contributed by atoms with Crippen LogP contribution in [0.1, 0.15) is 58.3 Å². The lowest BCUT2D eigenvalue weighted by Crippen LogP contribution is -2.40. The van der Waals surface area contributed by atoms with Crippen molar-refractivity contribution in [1.29, 1.82) is 0 Å². The van der Waals surface area contributed by atoms with Gasteiger partial charge in [-0.25, -0.2) is 4.39 Å². The molecule has 2 N–H and O–H groups in total. The average Bonchev–Trinajstić information content (AvgIpc) is 2.57. The van der Waals surface area contributed by atoms with Gasteiger partial charge in [0.2, 0.25) is 0 Å². The highest BCUT2D eigenvalue weighted by Gasteiger charge is 2.48. The molecule has 1 saturated carbocycles. The van der Waals surface area contributed by atoms with Gasteiger partial charge < -0.3 is 10.0 Å². The van der Waals surface area contributed by atoms with Gasteiger partial charge >= 0.3 is 7.12 Å². The number of rotatable bonds is 6. The van der Waals surface area contributed by atoms with Crippen LogP contribution in [-0.2, 0) is 0 Å². The monoisotopic (exact) mass is 216 g/mol.